The molecule has 1 aromatic carbocycles. The summed E-state index contributed by atoms with van der Waals surface area (Å²) in [5.41, 5.74) is 0.239. The zero-order valence-corrected chi connectivity index (χ0v) is 11.7. The summed E-state index contributed by atoms with van der Waals surface area (Å²) in [6, 6.07) is 4.91. The van der Waals surface area contributed by atoms with Gasteiger partial charge in [-0.2, -0.15) is 0 Å². The van der Waals surface area contributed by atoms with Gasteiger partial charge in [-0.05, 0) is 25.0 Å². The molecule has 0 radical (unpaired) electrons. The minimum Gasteiger partial charge on any atom is -0.509 e. The normalized spacial score (nSPS) is 21.3. The zero-order chi connectivity index (χ0) is 13.6. The molecule has 19 heavy (non-hydrogen) atoms. The van der Waals surface area contributed by atoms with Gasteiger partial charge >= 0.3 is 0 Å². The van der Waals surface area contributed by atoms with Gasteiger partial charge in [0.25, 0.3) is 5.91 Å². The average molecular weight is 298 g/mol. The van der Waals surface area contributed by atoms with E-state index >= 15 is 0 Å². The van der Waals surface area contributed by atoms with Crippen molar-refractivity contribution in [2.45, 2.75) is 31.2 Å². The van der Waals surface area contributed by atoms with Crippen molar-refractivity contribution in [1.82, 2.24) is 5.32 Å². The minimum atomic E-state index is -0.574. The smallest absolute Gasteiger partial charge is 0.256 e. The Morgan fingerprint density at radius 3 is 2.53 bits per heavy atom. The number of hydrogen-bond acceptors (Lipinski definition) is 2. The molecule has 2 aliphatic rings. The summed E-state index contributed by atoms with van der Waals surface area (Å²) in [5.74, 6) is -0.136. The molecule has 1 aromatic rings. The van der Waals surface area contributed by atoms with Gasteiger partial charge in [0.05, 0.1) is 16.1 Å². The molecule has 0 aromatic heterocycles. The van der Waals surface area contributed by atoms with Crippen LogP contribution in [-0.2, 0) is 4.79 Å². The fraction of sp³-hybridized carbons (Fsp3) is 0.357. The number of aliphatic hydroxyl groups excluding tert-OH is 1. The van der Waals surface area contributed by atoms with Crippen molar-refractivity contribution in [1.29, 1.82) is 0 Å². The number of nitrogens with one attached hydrogen (secondary N) is 1. The molecule has 1 spiro atoms. The van der Waals surface area contributed by atoms with Crippen molar-refractivity contribution in [3.63, 3.8) is 0 Å². The maximum atomic E-state index is 12.2. The summed E-state index contributed by atoms with van der Waals surface area (Å²) in [7, 11) is 0. The van der Waals surface area contributed by atoms with Crippen molar-refractivity contribution in [2.24, 2.45) is 0 Å². The van der Waals surface area contributed by atoms with Crippen molar-refractivity contribution >= 4 is 34.7 Å². The van der Waals surface area contributed by atoms with Crippen LogP contribution < -0.4 is 5.32 Å². The first-order chi connectivity index (χ1) is 9.03. The molecule has 0 bridgehead atoms. The van der Waals surface area contributed by atoms with E-state index in [1.807, 2.05) is 0 Å². The highest BCUT2D eigenvalue weighted by Gasteiger charge is 2.47. The van der Waals surface area contributed by atoms with Crippen molar-refractivity contribution in [3.05, 3.63) is 39.6 Å². The van der Waals surface area contributed by atoms with Crippen LogP contribution in [-0.4, -0.2) is 16.6 Å². The Hall–Kier alpha value is -1.19. The number of hydrogen-bond donors (Lipinski definition) is 2. The SMILES string of the molecule is O=C1NC2(CCCC2)C(O)=C1c1ccc(Cl)cc1Cl. The summed E-state index contributed by atoms with van der Waals surface area (Å²) in [6.07, 6.45) is 3.57. The third-order valence-electron chi connectivity index (χ3n) is 3.93. The molecule has 1 heterocycles. The molecule has 0 saturated heterocycles. The number of aliphatic hydroxyl groups is 1. The highest BCUT2D eigenvalue weighted by Crippen LogP contribution is 2.43. The van der Waals surface area contributed by atoms with Gasteiger partial charge in [-0.3, -0.25) is 4.79 Å². The van der Waals surface area contributed by atoms with Gasteiger partial charge in [-0.15, -0.1) is 0 Å². The van der Waals surface area contributed by atoms with Crippen LogP contribution >= 0.6 is 23.2 Å². The molecule has 1 aliphatic carbocycles. The second-order valence-electron chi connectivity index (χ2n) is 5.09. The number of rotatable bonds is 1. The molecule has 0 unspecified atom stereocenters. The summed E-state index contributed by atoms with van der Waals surface area (Å²) < 4.78 is 0. The Bertz CT molecular complexity index is 589. The van der Waals surface area contributed by atoms with Crippen LogP contribution in [0.3, 0.4) is 0 Å². The number of benzene rings is 1. The highest BCUT2D eigenvalue weighted by atomic mass is 35.5. The molecule has 1 aliphatic heterocycles. The monoisotopic (exact) mass is 297 g/mol. The van der Waals surface area contributed by atoms with Gasteiger partial charge in [0, 0.05) is 10.6 Å². The minimum absolute atomic E-state index is 0.124. The van der Waals surface area contributed by atoms with E-state index in [0.29, 0.717) is 15.6 Å². The van der Waals surface area contributed by atoms with Gasteiger partial charge in [0.15, 0.2) is 0 Å². The van der Waals surface area contributed by atoms with Crippen molar-refractivity contribution in [3.8, 4) is 0 Å². The fourth-order valence-electron chi connectivity index (χ4n) is 2.97. The van der Waals surface area contributed by atoms with Crippen molar-refractivity contribution < 1.29 is 9.90 Å². The first kappa shape index (κ1) is 12.8. The Labute approximate surface area is 121 Å². The third kappa shape index (κ3) is 1.92. The Morgan fingerprint density at radius 2 is 1.89 bits per heavy atom. The van der Waals surface area contributed by atoms with Crippen molar-refractivity contribution in [2.75, 3.05) is 0 Å². The van der Waals surface area contributed by atoms with Crippen LogP contribution in [0.15, 0.2) is 24.0 Å². The topological polar surface area (TPSA) is 49.3 Å². The second-order valence-corrected chi connectivity index (χ2v) is 5.93. The van der Waals surface area contributed by atoms with E-state index in [1.165, 1.54) is 0 Å². The Balaban J connectivity index is 2.12. The molecule has 3 nitrogen and oxygen atoms in total. The molecule has 1 amide bonds. The summed E-state index contributed by atoms with van der Waals surface area (Å²) in [6.45, 7) is 0. The summed E-state index contributed by atoms with van der Waals surface area (Å²) in [5, 5.41) is 14.3. The zero-order valence-electron chi connectivity index (χ0n) is 10.2. The molecule has 1 fully saturated rings. The number of carbonyl (C=O) groups excluding carboxylic acids is 1. The van der Waals surface area contributed by atoms with Gasteiger partial charge in [-0.25, -0.2) is 0 Å². The fourth-order valence-corrected chi connectivity index (χ4v) is 3.47. The quantitative estimate of drug-likeness (QED) is 0.830. The van der Waals surface area contributed by atoms with Crippen LogP contribution in [0.4, 0.5) is 0 Å². The first-order valence-corrected chi connectivity index (χ1v) is 7.01. The van der Waals surface area contributed by atoms with E-state index in [0.717, 1.165) is 25.7 Å². The van der Waals surface area contributed by atoms with Crippen LogP contribution in [0.25, 0.3) is 5.57 Å². The van der Waals surface area contributed by atoms with Gasteiger partial charge in [-0.1, -0.05) is 42.1 Å². The first-order valence-electron chi connectivity index (χ1n) is 6.25. The lowest BCUT2D eigenvalue weighted by Gasteiger charge is -2.23. The van der Waals surface area contributed by atoms with Gasteiger partial charge < -0.3 is 10.4 Å². The van der Waals surface area contributed by atoms with E-state index in [2.05, 4.69) is 5.32 Å². The molecule has 2 N–H and O–H groups in total. The highest BCUT2D eigenvalue weighted by molar-refractivity contribution is 6.37. The van der Waals surface area contributed by atoms with E-state index in [4.69, 9.17) is 23.2 Å². The standard InChI is InChI=1S/C14H13Cl2NO2/c15-8-3-4-9(10(16)7-8)11-12(18)14(17-13(11)19)5-1-2-6-14/h3-4,7,18H,1-2,5-6H2,(H,17,19). The molecular weight excluding hydrogens is 285 g/mol. The summed E-state index contributed by atoms with van der Waals surface area (Å²) in [4.78, 5) is 12.2. The van der Waals surface area contributed by atoms with E-state index < -0.39 is 5.54 Å². The Kier molecular flexibility index (Phi) is 2.99. The maximum Gasteiger partial charge on any atom is 0.256 e. The lowest BCUT2D eigenvalue weighted by molar-refractivity contribution is -0.116. The second kappa shape index (κ2) is 4.43. The van der Waals surface area contributed by atoms with Gasteiger partial charge in [0.2, 0.25) is 0 Å². The Morgan fingerprint density at radius 1 is 1.21 bits per heavy atom. The van der Waals surface area contributed by atoms with Crippen LogP contribution in [0.5, 0.6) is 0 Å². The lowest BCUT2D eigenvalue weighted by Crippen LogP contribution is -2.41. The number of amides is 1. The van der Waals surface area contributed by atoms with Gasteiger partial charge in [0.1, 0.15) is 5.76 Å². The molecular formula is C14H13Cl2NO2. The van der Waals surface area contributed by atoms with Crippen LogP contribution in [0.2, 0.25) is 10.0 Å². The number of carbonyl (C=O) groups is 1. The maximum absolute atomic E-state index is 12.2. The van der Waals surface area contributed by atoms with Crippen LogP contribution in [0.1, 0.15) is 31.2 Å². The predicted octanol–water partition coefficient (Wildman–Crippen LogP) is 3.71. The predicted molar refractivity (Wildman–Crippen MR) is 75.4 cm³/mol. The van der Waals surface area contributed by atoms with E-state index in [-0.39, 0.29) is 17.2 Å². The van der Waals surface area contributed by atoms with E-state index in [9.17, 15) is 9.90 Å². The number of halogens is 2. The molecule has 5 heteroatoms. The molecule has 0 atom stereocenters. The molecule has 3 rings (SSSR count). The van der Waals surface area contributed by atoms with E-state index in [1.54, 1.807) is 18.2 Å². The average Bonchev–Trinajstić information content (AvgIpc) is 2.89. The summed E-state index contributed by atoms with van der Waals surface area (Å²) >= 11 is 12.0. The molecule has 1 saturated carbocycles. The largest absolute Gasteiger partial charge is 0.509 e. The lowest BCUT2D eigenvalue weighted by atomic mass is 9.94. The molecule has 100 valence electrons. The van der Waals surface area contributed by atoms with Crippen LogP contribution in [0, 0.1) is 0 Å². The third-order valence-corrected chi connectivity index (χ3v) is 4.48.